The summed E-state index contributed by atoms with van der Waals surface area (Å²) in [4.78, 5) is 120. The molecule has 6 aliphatic heterocycles. The first-order valence-electron chi connectivity index (χ1n) is 32.5. The molecule has 0 radical (unpaired) electrons. The lowest BCUT2D eigenvalue weighted by Crippen LogP contribution is -2.56. The first kappa shape index (κ1) is 74.0. The van der Waals surface area contributed by atoms with Gasteiger partial charge in [0.1, 0.15) is 72.9 Å². The van der Waals surface area contributed by atoms with Crippen LogP contribution < -0.4 is 16.0 Å². The smallest absolute Gasteiger partial charge is 0.408 e. The molecule has 23 heteroatoms. The SMILES string of the molecule is CC(C)(C)OC(=O)N[C@H]1C/C=C\C[C@H]2CC[C@@H](C(=O)OCc3ccccc3)N2C1=O.CC(C)(C)OC(=O)N[C@H]1CCCC[C@H]2CC[C@@H](C(=O)OCc3ccccc3)N2C1=O.CC(C)(C)OC(=O)N[C@H]1CC[C@@H](O)C[C@H]2CC[C@@H](C(=O)OCc3ccccc3)N2C1=O.CO. The summed E-state index contributed by atoms with van der Waals surface area (Å²) in [6.07, 6.45) is 10.4. The molecule has 3 aromatic carbocycles. The summed E-state index contributed by atoms with van der Waals surface area (Å²) in [5, 5.41) is 25.4. The molecular formula is C70H98N6O17. The Morgan fingerprint density at radius 1 is 0.419 bits per heavy atom. The molecule has 0 unspecified atom stereocenters. The molecule has 5 saturated heterocycles. The quantitative estimate of drug-likeness (QED) is 0.0642. The van der Waals surface area contributed by atoms with Crippen LogP contribution in [0.4, 0.5) is 14.4 Å². The number of hydrogen-bond acceptors (Lipinski definition) is 17. The van der Waals surface area contributed by atoms with E-state index in [9.17, 15) is 48.3 Å². The first-order chi connectivity index (χ1) is 44.1. The van der Waals surface area contributed by atoms with E-state index < -0.39 is 89.4 Å². The Kier molecular flexibility index (Phi) is 27.6. The highest BCUT2D eigenvalue weighted by Gasteiger charge is 2.48. The highest BCUT2D eigenvalue weighted by molar-refractivity contribution is 5.93. The number of alkyl carbamates (subject to hydrolysis) is 3. The number of ether oxygens (including phenoxy) is 6. The third-order valence-electron chi connectivity index (χ3n) is 16.3. The van der Waals surface area contributed by atoms with Gasteiger partial charge in [-0.2, -0.15) is 0 Å². The fraction of sp³-hybridized carbons (Fsp3) is 0.586. The van der Waals surface area contributed by atoms with E-state index in [4.69, 9.17) is 33.5 Å². The van der Waals surface area contributed by atoms with Crippen LogP contribution >= 0.6 is 0 Å². The third-order valence-corrected chi connectivity index (χ3v) is 16.3. The number of carbonyl (C=O) groups is 9. The van der Waals surface area contributed by atoms with Gasteiger partial charge in [0.2, 0.25) is 17.7 Å². The minimum atomic E-state index is -0.866. The fourth-order valence-electron chi connectivity index (χ4n) is 12.2. The molecule has 10 atom stereocenters. The van der Waals surface area contributed by atoms with E-state index in [0.717, 1.165) is 55.9 Å². The Morgan fingerprint density at radius 3 is 1.17 bits per heavy atom. The van der Waals surface area contributed by atoms with Crippen LogP contribution in [0.3, 0.4) is 0 Å². The Bertz CT molecular complexity index is 2980. The van der Waals surface area contributed by atoms with E-state index >= 15 is 0 Å². The Morgan fingerprint density at radius 2 is 0.753 bits per heavy atom. The van der Waals surface area contributed by atoms with Gasteiger partial charge in [0.05, 0.1) is 6.10 Å². The van der Waals surface area contributed by atoms with Gasteiger partial charge in [0.25, 0.3) is 0 Å². The molecule has 6 amide bonds. The number of rotatable bonds is 12. The number of esters is 3. The maximum atomic E-state index is 13.3. The standard InChI is InChI=1S/C23H32N2O6.C23H32N2O5.C23H30N2O5.CH4O/c1-23(2,3)31-22(29)24-18-11-10-17(26)13-16-9-12-19(25(16)20(18)27)21(28)30-14-15-7-5-4-6-8-15;2*1-23(2,3)30-22(28)24-18-12-8-7-11-17-13-14-19(25(17)20(18)26)21(27)29-15-16-9-5-4-6-10-16;1-2/h4-8,16-19,26H,9-14H2,1-3H3,(H,24,29);4-6,9-10,17-19H,7-8,11-15H2,1-3H3,(H,24,28);4-10,17-19H,11-15H2,1-3H3,(H,24,28);2H,1H3/b;;8-7-;/t16-,17-,18+,19+;2*17-,18-,19-;/m100./s1. The first-order valence-corrected chi connectivity index (χ1v) is 32.5. The zero-order valence-corrected chi connectivity index (χ0v) is 55.7. The lowest BCUT2D eigenvalue weighted by molar-refractivity contribution is -0.157. The number of benzene rings is 3. The number of nitrogens with one attached hydrogen (secondary N) is 3. The van der Waals surface area contributed by atoms with Gasteiger partial charge >= 0.3 is 36.2 Å². The molecule has 5 fully saturated rings. The molecule has 0 aliphatic carbocycles. The second-order valence-corrected chi connectivity index (χ2v) is 27.0. The number of aliphatic hydroxyl groups excluding tert-OH is 2. The van der Waals surface area contributed by atoms with Gasteiger partial charge in [-0.15, -0.1) is 0 Å². The highest BCUT2D eigenvalue weighted by Crippen LogP contribution is 2.35. The fourth-order valence-corrected chi connectivity index (χ4v) is 12.2. The Labute approximate surface area is 546 Å². The lowest BCUT2D eigenvalue weighted by Gasteiger charge is -2.36. The van der Waals surface area contributed by atoms with E-state index in [1.54, 1.807) is 72.1 Å². The Hall–Kier alpha value is -8.05. The molecule has 6 aliphatic rings. The van der Waals surface area contributed by atoms with Crippen molar-refractivity contribution in [2.45, 2.75) is 256 Å². The molecule has 510 valence electrons. The number of carbonyl (C=O) groups excluding carboxylic acids is 9. The Balaban J connectivity index is 0.000000218. The lowest BCUT2D eigenvalue weighted by atomic mass is 9.96. The summed E-state index contributed by atoms with van der Waals surface area (Å²) in [6.45, 7) is 16.3. The normalized spacial score (nSPS) is 24.8. The molecule has 9 rings (SSSR count). The highest BCUT2D eigenvalue weighted by atomic mass is 16.6. The van der Waals surface area contributed by atoms with E-state index in [-0.39, 0.29) is 68.1 Å². The maximum absolute atomic E-state index is 13.3. The molecule has 93 heavy (non-hydrogen) atoms. The zero-order chi connectivity index (χ0) is 68.0. The van der Waals surface area contributed by atoms with Gasteiger partial charge in [-0.25, -0.2) is 28.8 Å². The minimum Gasteiger partial charge on any atom is -0.459 e. The van der Waals surface area contributed by atoms with Crippen molar-refractivity contribution in [3.63, 3.8) is 0 Å². The topological polar surface area (TPSA) is 295 Å². The van der Waals surface area contributed by atoms with Gasteiger partial charge in [0, 0.05) is 25.2 Å². The largest absolute Gasteiger partial charge is 0.459 e. The van der Waals surface area contributed by atoms with Crippen LogP contribution in [0, 0.1) is 0 Å². The van der Waals surface area contributed by atoms with Crippen molar-refractivity contribution in [1.82, 2.24) is 30.7 Å². The molecule has 6 heterocycles. The van der Waals surface area contributed by atoms with Gasteiger partial charge in [-0.05, 0) is 162 Å². The van der Waals surface area contributed by atoms with Crippen molar-refractivity contribution >= 4 is 53.9 Å². The number of hydrogen-bond donors (Lipinski definition) is 5. The minimum absolute atomic E-state index is 0.00927. The number of fused-ring (bicyclic) bond motifs is 3. The summed E-state index contributed by atoms with van der Waals surface area (Å²) in [5.41, 5.74) is 0.660. The van der Waals surface area contributed by atoms with Crippen LogP contribution in [-0.4, -0.2) is 163 Å². The molecule has 23 nitrogen and oxygen atoms in total. The van der Waals surface area contributed by atoms with Crippen molar-refractivity contribution in [1.29, 1.82) is 0 Å². The van der Waals surface area contributed by atoms with Crippen LogP contribution in [0.2, 0.25) is 0 Å². The second kappa shape index (κ2) is 34.7. The summed E-state index contributed by atoms with van der Waals surface area (Å²) < 4.78 is 32.4. The molecule has 0 spiro atoms. The average molecular weight is 1300 g/mol. The van der Waals surface area contributed by atoms with E-state index in [0.29, 0.717) is 57.8 Å². The second-order valence-electron chi connectivity index (χ2n) is 27.0. The number of aliphatic hydroxyl groups is 2. The molecule has 0 aromatic heterocycles. The van der Waals surface area contributed by atoms with Crippen LogP contribution in [-0.2, 0) is 77.0 Å². The van der Waals surface area contributed by atoms with Crippen LogP contribution in [0.25, 0.3) is 0 Å². The van der Waals surface area contributed by atoms with Crippen molar-refractivity contribution in [2.75, 3.05) is 7.11 Å². The predicted octanol–water partition coefficient (Wildman–Crippen LogP) is 9.03. The van der Waals surface area contributed by atoms with Crippen LogP contribution in [0.5, 0.6) is 0 Å². The monoisotopic (exact) mass is 1290 g/mol. The zero-order valence-electron chi connectivity index (χ0n) is 55.7. The van der Waals surface area contributed by atoms with E-state index in [2.05, 4.69) is 16.0 Å². The predicted molar refractivity (Wildman–Crippen MR) is 344 cm³/mol. The summed E-state index contributed by atoms with van der Waals surface area (Å²) in [6, 6.07) is 23.6. The third kappa shape index (κ3) is 23.2. The molecule has 0 bridgehead atoms. The van der Waals surface area contributed by atoms with Crippen molar-refractivity contribution in [2.24, 2.45) is 0 Å². The van der Waals surface area contributed by atoms with Gasteiger partial charge in [0.15, 0.2) is 0 Å². The maximum Gasteiger partial charge on any atom is 0.408 e. The van der Waals surface area contributed by atoms with Gasteiger partial charge in [-0.3, -0.25) is 14.4 Å². The average Bonchev–Trinajstić information content (AvgIpc) is 1.72. The van der Waals surface area contributed by atoms with Crippen LogP contribution in [0.15, 0.2) is 103 Å². The van der Waals surface area contributed by atoms with Gasteiger partial charge < -0.3 is 69.3 Å². The van der Waals surface area contributed by atoms with Crippen molar-refractivity contribution in [3.8, 4) is 0 Å². The van der Waals surface area contributed by atoms with Crippen LogP contribution in [0.1, 0.15) is 175 Å². The van der Waals surface area contributed by atoms with Crippen molar-refractivity contribution < 1.29 is 81.8 Å². The number of amides is 6. The summed E-state index contributed by atoms with van der Waals surface area (Å²) in [5.74, 6) is -2.08. The molecular weight excluding hydrogens is 1200 g/mol. The van der Waals surface area contributed by atoms with E-state index in [1.165, 1.54) is 4.90 Å². The van der Waals surface area contributed by atoms with Crippen molar-refractivity contribution in [3.05, 3.63) is 120 Å². The van der Waals surface area contributed by atoms with E-state index in [1.807, 2.05) is 103 Å². The molecule has 3 aromatic rings. The molecule has 0 saturated carbocycles. The summed E-state index contributed by atoms with van der Waals surface area (Å²) >= 11 is 0. The summed E-state index contributed by atoms with van der Waals surface area (Å²) in [7, 11) is 1.00. The number of nitrogens with zero attached hydrogens (tertiary/aromatic N) is 3. The van der Waals surface area contributed by atoms with Gasteiger partial charge in [-0.1, -0.05) is 116 Å². The molecule has 5 N–H and O–H groups in total.